The molecular weight excluding hydrogens is 394 g/mol. The largest absolute Gasteiger partial charge is 0.454 e. The van der Waals surface area contributed by atoms with Crippen LogP contribution in [-0.4, -0.2) is 67.7 Å². The number of piperazine rings is 1. The topological polar surface area (TPSA) is 71.1 Å². The zero-order chi connectivity index (χ0) is 21.5. The van der Waals surface area contributed by atoms with Crippen LogP contribution in [0.25, 0.3) is 0 Å². The van der Waals surface area contributed by atoms with E-state index >= 15 is 0 Å². The number of hydrogen-bond donors (Lipinski definition) is 1. The number of ether oxygens (including phenoxy) is 2. The van der Waals surface area contributed by atoms with Crippen molar-refractivity contribution in [1.82, 2.24) is 15.1 Å². The summed E-state index contributed by atoms with van der Waals surface area (Å²) >= 11 is 0. The molecule has 0 bridgehead atoms. The molecule has 2 aromatic rings. The Labute approximate surface area is 182 Å². The van der Waals surface area contributed by atoms with E-state index in [2.05, 4.69) is 22.3 Å². The average Bonchev–Trinajstić information content (AvgIpc) is 3.28. The second-order valence-corrected chi connectivity index (χ2v) is 7.89. The van der Waals surface area contributed by atoms with Crippen LogP contribution in [0.3, 0.4) is 0 Å². The third kappa shape index (κ3) is 5.76. The molecule has 2 aliphatic heterocycles. The fourth-order valence-corrected chi connectivity index (χ4v) is 3.93. The number of hydrogen-bond acceptors (Lipinski definition) is 5. The minimum atomic E-state index is -0.120. The Morgan fingerprint density at radius 3 is 2.52 bits per heavy atom. The molecule has 2 aromatic carbocycles. The Kier molecular flexibility index (Phi) is 7.04. The first-order valence-corrected chi connectivity index (χ1v) is 10.9. The van der Waals surface area contributed by atoms with Crippen molar-refractivity contribution in [3.63, 3.8) is 0 Å². The molecule has 0 saturated carbocycles. The van der Waals surface area contributed by atoms with E-state index in [1.807, 2.05) is 23.1 Å². The van der Waals surface area contributed by atoms with Crippen LogP contribution in [0.5, 0.6) is 11.5 Å². The summed E-state index contributed by atoms with van der Waals surface area (Å²) in [4.78, 5) is 29.1. The van der Waals surface area contributed by atoms with Gasteiger partial charge < -0.3 is 19.7 Å². The van der Waals surface area contributed by atoms with Crippen LogP contribution in [0, 0.1) is 0 Å². The molecular formula is C24H29N3O4. The molecule has 31 heavy (non-hydrogen) atoms. The molecule has 0 radical (unpaired) electrons. The molecule has 2 amide bonds. The third-order valence-electron chi connectivity index (χ3n) is 5.77. The summed E-state index contributed by atoms with van der Waals surface area (Å²) in [5.74, 6) is 1.40. The second-order valence-electron chi connectivity index (χ2n) is 7.89. The van der Waals surface area contributed by atoms with Gasteiger partial charge in [0, 0.05) is 51.3 Å². The van der Waals surface area contributed by atoms with Crippen LogP contribution in [0.2, 0.25) is 0 Å². The predicted octanol–water partition coefficient (Wildman–Crippen LogP) is 2.31. The number of fused-ring (bicyclic) bond motifs is 1. The molecule has 0 aromatic heterocycles. The first-order chi connectivity index (χ1) is 15.2. The lowest BCUT2D eigenvalue weighted by atomic mass is 10.1. The Bertz CT molecular complexity index is 895. The first-order valence-electron chi connectivity index (χ1n) is 10.9. The number of benzene rings is 2. The van der Waals surface area contributed by atoms with Crippen LogP contribution in [0.4, 0.5) is 0 Å². The lowest BCUT2D eigenvalue weighted by Gasteiger charge is -2.34. The van der Waals surface area contributed by atoms with E-state index in [1.54, 1.807) is 18.2 Å². The summed E-state index contributed by atoms with van der Waals surface area (Å²) in [5, 5.41) is 2.96. The molecule has 1 fully saturated rings. The Morgan fingerprint density at radius 2 is 1.71 bits per heavy atom. The third-order valence-corrected chi connectivity index (χ3v) is 5.77. The molecule has 1 saturated heterocycles. The van der Waals surface area contributed by atoms with E-state index in [-0.39, 0.29) is 18.6 Å². The van der Waals surface area contributed by atoms with Crippen molar-refractivity contribution >= 4 is 11.8 Å². The monoisotopic (exact) mass is 423 g/mol. The summed E-state index contributed by atoms with van der Waals surface area (Å²) < 4.78 is 10.6. The number of carbonyl (C=O) groups excluding carboxylic acids is 2. The van der Waals surface area contributed by atoms with Crippen LogP contribution < -0.4 is 14.8 Å². The van der Waals surface area contributed by atoms with Gasteiger partial charge in [0.15, 0.2) is 11.5 Å². The number of rotatable bonds is 8. The lowest BCUT2D eigenvalue weighted by Crippen LogP contribution is -2.50. The van der Waals surface area contributed by atoms with Gasteiger partial charge in [-0.1, -0.05) is 30.3 Å². The van der Waals surface area contributed by atoms with E-state index in [4.69, 9.17) is 9.47 Å². The molecule has 164 valence electrons. The SMILES string of the molecule is O=C(NCCN1CCN(C(=O)CCCc2ccccc2)CC1)c1ccc2c(c1)OCO2. The molecule has 2 heterocycles. The summed E-state index contributed by atoms with van der Waals surface area (Å²) in [6.07, 6.45) is 2.42. The fourth-order valence-electron chi connectivity index (χ4n) is 3.93. The van der Waals surface area contributed by atoms with Crippen LogP contribution in [0.1, 0.15) is 28.8 Å². The van der Waals surface area contributed by atoms with E-state index in [9.17, 15) is 9.59 Å². The zero-order valence-electron chi connectivity index (χ0n) is 17.7. The number of carbonyl (C=O) groups is 2. The molecule has 0 unspecified atom stereocenters. The molecule has 0 aliphatic carbocycles. The van der Waals surface area contributed by atoms with Gasteiger partial charge in [0.1, 0.15) is 0 Å². The van der Waals surface area contributed by atoms with Gasteiger partial charge in [0.05, 0.1) is 0 Å². The highest BCUT2D eigenvalue weighted by Crippen LogP contribution is 2.32. The van der Waals surface area contributed by atoms with Gasteiger partial charge in [-0.15, -0.1) is 0 Å². The van der Waals surface area contributed by atoms with Crippen LogP contribution in [-0.2, 0) is 11.2 Å². The predicted molar refractivity (Wildman–Crippen MR) is 117 cm³/mol. The van der Waals surface area contributed by atoms with Crippen molar-refractivity contribution in [2.24, 2.45) is 0 Å². The van der Waals surface area contributed by atoms with Gasteiger partial charge in [-0.3, -0.25) is 14.5 Å². The molecule has 4 rings (SSSR count). The highest BCUT2D eigenvalue weighted by atomic mass is 16.7. The summed E-state index contributed by atoms with van der Waals surface area (Å²) in [6, 6.07) is 15.5. The van der Waals surface area contributed by atoms with Crippen molar-refractivity contribution in [3.05, 3.63) is 59.7 Å². The minimum absolute atomic E-state index is 0.120. The molecule has 0 atom stereocenters. The van der Waals surface area contributed by atoms with Crippen LogP contribution >= 0.6 is 0 Å². The highest BCUT2D eigenvalue weighted by molar-refractivity contribution is 5.94. The van der Waals surface area contributed by atoms with E-state index in [1.165, 1.54) is 5.56 Å². The second kappa shape index (κ2) is 10.3. The van der Waals surface area contributed by atoms with Gasteiger partial charge in [0.2, 0.25) is 12.7 Å². The van der Waals surface area contributed by atoms with Crippen molar-refractivity contribution < 1.29 is 19.1 Å². The quantitative estimate of drug-likeness (QED) is 0.706. The summed E-state index contributed by atoms with van der Waals surface area (Å²) in [6.45, 7) is 4.71. The standard InChI is InChI=1S/C24H29N3O4/c28-23(8-4-7-19-5-2-1-3-6-19)27-15-13-26(14-16-27)12-11-25-24(29)20-9-10-21-22(17-20)31-18-30-21/h1-3,5-6,9-10,17H,4,7-8,11-16,18H2,(H,25,29). The molecule has 2 aliphatic rings. The van der Waals surface area contributed by atoms with Gasteiger partial charge in [0.25, 0.3) is 5.91 Å². The van der Waals surface area contributed by atoms with E-state index in [0.717, 1.165) is 45.6 Å². The van der Waals surface area contributed by atoms with Gasteiger partial charge in [-0.2, -0.15) is 0 Å². The van der Waals surface area contributed by atoms with Crippen molar-refractivity contribution in [2.45, 2.75) is 19.3 Å². The van der Waals surface area contributed by atoms with Crippen molar-refractivity contribution in [1.29, 1.82) is 0 Å². The van der Waals surface area contributed by atoms with E-state index < -0.39 is 0 Å². The lowest BCUT2D eigenvalue weighted by molar-refractivity contribution is -0.133. The number of nitrogens with zero attached hydrogens (tertiary/aromatic N) is 2. The summed E-state index contributed by atoms with van der Waals surface area (Å²) in [5.41, 5.74) is 1.85. The highest BCUT2D eigenvalue weighted by Gasteiger charge is 2.21. The molecule has 7 nitrogen and oxygen atoms in total. The first kappa shape index (κ1) is 21.2. The Hall–Kier alpha value is -3.06. The number of nitrogens with one attached hydrogen (secondary N) is 1. The Balaban J connectivity index is 1.12. The number of amides is 2. The number of aryl methyl sites for hydroxylation is 1. The van der Waals surface area contributed by atoms with E-state index in [0.29, 0.717) is 30.0 Å². The van der Waals surface area contributed by atoms with Crippen molar-refractivity contribution in [2.75, 3.05) is 46.1 Å². The fraction of sp³-hybridized carbons (Fsp3) is 0.417. The van der Waals surface area contributed by atoms with Crippen molar-refractivity contribution in [3.8, 4) is 11.5 Å². The molecule has 7 heteroatoms. The maximum Gasteiger partial charge on any atom is 0.251 e. The van der Waals surface area contributed by atoms with Gasteiger partial charge in [-0.05, 0) is 36.6 Å². The molecule has 0 spiro atoms. The van der Waals surface area contributed by atoms with Crippen LogP contribution in [0.15, 0.2) is 48.5 Å². The average molecular weight is 424 g/mol. The maximum atomic E-state index is 12.5. The molecule has 1 N–H and O–H groups in total. The minimum Gasteiger partial charge on any atom is -0.454 e. The Morgan fingerprint density at radius 1 is 0.935 bits per heavy atom. The van der Waals surface area contributed by atoms with Gasteiger partial charge in [-0.25, -0.2) is 0 Å². The smallest absolute Gasteiger partial charge is 0.251 e. The maximum absolute atomic E-state index is 12.5. The summed E-state index contributed by atoms with van der Waals surface area (Å²) in [7, 11) is 0. The van der Waals surface area contributed by atoms with Gasteiger partial charge >= 0.3 is 0 Å². The zero-order valence-corrected chi connectivity index (χ0v) is 17.7. The normalized spacial score (nSPS) is 15.7.